The second-order valence-electron chi connectivity index (χ2n) is 6.59. The second kappa shape index (κ2) is 7.89. The van der Waals surface area contributed by atoms with E-state index in [0.717, 1.165) is 4.57 Å². The number of fused-ring (bicyclic) bond motifs is 1. The van der Waals surface area contributed by atoms with Gasteiger partial charge in [0.2, 0.25) is 0 Å². The van der Waals surface area contributed by atoms with Gasteiger partial charge in [-0.25, -0.2) is 9.18 Å². The van der Waals surface area contributed by atoms with Gasteiger partial charge in [-0.3, -0.25) is 18.9 Å². The predicted octanol–water partition coefficient (Wildman–Crippen LogP) is 1.85. The molecule has 4 radical (unpaired) electrons. The summed E-state index contributed by atoms with van der Waals surface area (Å²) in [5.41, 5.74) is -0.816. The second-order valence-corrected chi connectivity index (χ2v) is 8.06. The Balaban J connectivity index is 1.44. The van der Waals surface area contributed by atoms with Gasteiger partial charge in [-0.1, -0.05) is 11.6 Å². The van der Waals surface area contributed by atoms with Crippen molar-refractivity contribution in [1.82, 2.24) is 9.55 Å². The minimum absolute atomic E-state index is 0.0777. The molecule has 2 aliphatic heterocycles. The summed E-state index contributed by atoms with van der Waals surface area (Å²) in [5.74, 6) is 0.0114. The maximum absolute atomic E-state index is 13.3. The molecule has 29 heavy (non-hydrogen) atoms. The van der Waals surface area contributed by atoms with E-state index < -0.39 is 43.4 Å². The quantitative estimate of drug-likeness (QED) is 0.581. The van der Waals surface area contributed by atoms with Crippen LogP contribution in [0.15, 0.2) is 34.0 Å². The molecule has 0 amide bonds. The molecule has 1 aromatic carbocycles. The number of rotatable bonds is 4. The van der Waals surface area contributed by atoms with Gasteiger partial charge >= 0.3 is 14.3 Å². The standard InChI is InChI=1S/C16H13B2ClFN2O6P/c17-16(18,28-29-25-7-8-5-9(20)1-2-11(8)27-29)12-3-4-13(26-12)22-6-10(19)14(23)21-15(22)24/h1-2,5-6,12-13H,3-4,7H2,(H,21,23,24). The summed E-state index contributed by atoms with van der Waals surface area (Å²) in [4.78, 5) is 25.5. The van der Waals surface area contributed by atoms with Crippen molar-refractivity contribution in [2.45, 2.75) is 37.2 Å². The Kier molecular flexibility index (Phi) is 5.61. The number of nitrogens with one attached hydrogen (secondary N) is 1. The van der Waals surface area contributed by atoms with Crippen molar-refractivity contribution in [2.75, 3.05) is 0 Å². The molecule has 1 aromatic heterocycles. The van der Waals surface area contributed by atoms with Gasteiger partial charge in [0.05, 0.1) is 12.7 Å². The smallest absolute Gasteiger partial charge is 0.396 e. The highest BCUT2D eigenvalue weighted by molar-refractivity contribution is 7.42. The van der Waals surface area contributed by atoms with E-state index in [4.69, 9.17) is 45.6 Å². The highest BCUT2D eigenvalue weighted by Gasteiger charge is 2.41. The van der Waals surface area contributed by atoms with Crippen molar-refractivity contribution in [1.29, 1.82) is 0 Å². The fourth-order valence-corrected chi connectivity index (χ4v) is 4.30. The van der Waals surface area contributed by atoms with Gasteiger partial charge in [-0.05, 0) is 31.0 Å². The molecule has 1 saturated heterocycles. The lowest BCUT2D eigenvalue weighted by Gasteiger charge is -2.36. The monoisotopic (exact) mass is 436 g/mol. The Morgan fingerprint density at radius 3 is 2.93 bits per heavy atom. The molecule has 3 unspecified atom stereocenters. The van der Waals surface area contributed by atoms with Crippen LogP contribution in [0.2, 0.25) is 5.02 Å². The Morgan fingerprint density at radius 1 is 1.34 bits per heavy atom. The summed E-state index contributed by atoms with van der Waals surface area (Å²) in [6, 6.07) is 4.03. The highest BCUT2D eigenvalue weighted by atomic mass is 35.5. The first-order valence-electron chi connectivity index (χ1n) is 8.56. The van der Waals surface area contributed by atoms with Crippen LogP contribution in [0.5, 0.6) is 5.75 Å². The maximum atomic E-state index is 13.3. The molecule has 3 heterocycles. The molecule has 3 atom stereocenters. The molecule has 0 aliphatic carbocycles. The number of nitrogens with zero attached hydrogens (tertiary/aromatic N) is 1. The van der Waals surface area contributed by atoms with Crippen molar-refractivity contribution in [3.05, 3.63) is 61.6 Å². The highest BCUT2D eigenvalue weighted by Crippen LogP contribution is 2.50. The maximum Gasteiger partial charge on any atom is 0.396 e. The lowest BCUT2D eigenvalue weighted by molar-refractivity contribution is -0.0469. The molecule has 0 spiro atoms. The number of aromatic nitrogens is 2. The Morgan fingerprint density at radius 2 is 2.14 bits per heavy atom. The fraction of sp³-hybridized carbons (Fsp3) is 0.375. The van der Waals surface area contributed by atoms with Crippen molar-refractivity contribution >= 4 is 35.9 Å². The topological polar surface area (TPSA) is 91.8 Å². The Hall–Kier alpha value is -1.64. The average molecular weight is 436 g/mol. The lowest BCUT2D eigenvalue weighted by atomic mass is 9.61. The molecule has 0 saturated carbocycles. The SMILES string of the molecule is [B]C([B])(OP1OCc2cc(F)ccc2O1)C1CCC(n2cc(Cl)c(=O)[nH]c2=O)O1. The molecule has 1 N–H and O–H groups in total. The predicted molar refractivity (Wildman–Crippen MR) is 104 cm³/mol. The van der Waals surface area contributed by atoms with E-state index in [0.29, 0.717) is 24.2 Å². The average Bonchev–Trinajstić information content (AvgIpc) is 3.15. The summed E-state index contributed by atoms with van der Waals surface area (Å²) in [6.07, 6.45) is 0.412. The molecule has 13 heteroatoms. The third-order valence-electron chi connectivity index (χ3n) is 4.49. The largest absolute Gasteiger partial charge is 0.426 e. The van der Waals surface area contributed by atoms with Crippen LogP contribution in [0.1, 0.15) is 24.6 Å². The van der Waals surface area contributed by atoms with Crippen molar-refractivity contribution in [3.63, 3.8) is 0 Å². The molecule has 1 fully saturated rings. The van der Waals surface area contributed by atoms with Crippen molar-refractivity contribution in [2.24, 2.45) is 0 Å². The van der Waals surface area contributed by atoms with Gasteiger partial charge in [0.25, 0.3) is 5.56 Å². The van der Waals surface area contributed by atoms with E-state index in [2.05, 4.69) is 4.98 Å². The molecule has 8 nitrogen and oxygen atoms in total. The first-order chi connectivity index (χ1) is 13.7. The van der Waals surface area contributed by atoms with Crippen LogP contribution in [0.25, 0.3) is 0 Å². The minimum atomic E-state index is -1.95. The van der Waals surface area contributed by atoms with E-state index in [1.165, 1.54) is 24.4 Å². The minimum Gasteiger partial charge on any atom is -0.426 e. The van der Waals surface area contributed by atoms with E-state index >= 15 is 0 Å². The normalized spacial score (nSPS) is 24.1. The number of aromatic amines is 1. The first-order valence-corrected chi connectivity index (χ1v) is 10.0. The van der Waals surface area contributed by atoms with Crippen LogP contribution in [0.3, 0.4) is 0 Å². The Labute approximate surface area is 173 Å². The van der Waals surface area contributed by atoms with E-state index in [9.17, 15) is 14.0 Å². The van der Waals surface area contributed by atoms with Gasteiger partial charge in [0.15, 0.2) is 0 Å². The fourth-order valence-electron chi connectivity index (χ4n) is 3.04. The van der Waals surface area contributed by atoms with E-state index in [-0.39, 0.29) is 11.6 Å². The summed E-state index contributed by atoms with van der Waals surface area (Å²) in [6.45, 7) is 0.0777. The molecule has 148 valence electrons. The summed E-state index contributed by atoms with van der Waals surface area (Å²) < 4.78 is 36.8. The third kappa shape index (κ3) is 4.29. The Bertz CT molecular complexity index is 1050. The van der Waals surface area contributed by atoms with Crippen molar-refractivity contribution in [3.8, 4) is 5.75 Å². The number of H-pyrrole nitrogens is 1. The molecular formula is C16H13B2ClFN2O6P. The van der Waals surface area contributed by atoms with Gasteiger partial charge < -0.3 is 13.8 Å². The van der Waals surface area contributed by atoms with Crippen molar-refractivity contribution < 1.29 is 22.7 Å². The summed E-state index contributed by atoms with van der Waals surface area (Å²) in [5, 5.41) is -1.93. The lowest BCUT2D eigenvalue weighted by Crippen LogP contribution is -2.45. The molecule has 2 aliphatic rings. The van der Waals surface area contributed by atoms with Crippen LogP contribution in [0.4, 0.5) is 4.39 Å². The van der Waals surface area contributed by atoms with Crippen LogP contribution in [-0.2, 0) is 20.4 Å². The zero-order valence-corrected chi connectivity index (χ0v) is 16.5. The number of hydrogen-bond donors (Lipinski definition) is 1. The number of hydrogen-bond acceptors (Lipinski definition) is 6. The summed E-state index contributed by atoms with van der Waals surface area (Å²) >= 11 is 5.78. The molecule has 2 aromatic rings. The zero-order chi connectivity index (χ0) is 20.8. The summed E-state index contributed by atoms with van der Waals surface area (Å²) in [7, 11) is 10.2. The van der Waals surface area contributed by atoms with Gasteiger partial charge in [-0.2, -0.15) is 0 Å². The van der Waals surface area contributed by atoms with Crippen LogP contribution < -0.4 is 15.8 Å². The van der Waals surface area contributed by atoms with Crippen LogP contribution >= 0.6 is 20.2 Å². The molecule has 4 rings (SSSR count). The number of ether oxygens (including phenoxy) is 1. The van der Waals surface area contributed by atoms with Crippen LogP contribution in [-0.4, -0.2) is 36.7 Å². The van der Waals surface area contributed by atoms with Gasteiger partial charge in [0.1, 0.15) is 38.5 Å². The number of benzene rings is 1. The molecular weight excluding hydrogens is 423 g/mol. The van der Waals surface area contributed by atoms with Crippen LogP contribution in [0, 0.1) is 5.82 Å². The molecule has 0 bridgehead atoms. The van der Waals surface area contributed by atoms with E-state index in [1.54, 1.807) is 0 Å². The third-order valence-corrected chi connectivity index (χ3v) is 5.91. The zero-order valence-electron chi connectivity index (χ0n) is 14.8. The van der Waals surface area contributed by atoms with E-state index in [1.807, 2.05) is 0 Å². The first kappa shape index (κ1) is 20.6. The number of halogens is 2. The van der Waals surface area contributed by atoms with Gasteiger partial charge in [0, 0.05) is 17.2 Å². The van der Waals surface area contributed by atoms with Gasteiger partial charge in [-0.15, -0.1) is 0 Å².